The lowest BCUT2D eigenvalue weighted by molar-refractivity contribution is 0.281. The minimum atomic E-state index is -0.000910. The summed E-state index contributed by atoms with van der Waals surface area (Å²) in [5.74, 6) is 0. The Labute approximate surface area is 99.1 Å². The summed E-state index contributed by atoms with van der Waals surface area (Å²) < 4.78 is 5.44. The van der Waals surface area contributed by atoms with Gasteiger partial charge in [-0.3, -0.25) is 0 Å². The maximum Gasteiger partial charge on any atom is 0.139 e. The highest BCUT2D eigenvalue weighted by atomic mass is 16.3. The van der Waals surface area contributed by atoms with Gasteiger partial charge in [-0.15, -0.1) is 0 Å². The second-order valence-electron chi connectivity index (χ2n) is 3.96. The quantitative estimate of drug-likeness (QED) is 0.721. The molecule has 17 heavy (non-hydrogen) atoms. The Kier molecular flexibility index (Phi) is 2.42. The van der Waals surface area contributed by atoms with Crippen molar-refractivity contribution in [2.75, 3.05) is 0 Å². The molecule has 0 aliphatic carbocycles. The van der Waals surface area contributed by atoms with Crippen LogP contribution in [0.3, 0.4) is 0 Å². The van der Waals surface area contributed by atoms with Crippen LogP contribution in [0.25, 0.3) is 22.1 Å². The van der Waals surface area contributed by atoms with Gasteiger partial charge in [0.15, 0.2) is 0 Å². The topological polar surface area (TPSA) is 33.4 Å². The molecular formula is C15H12O2. The summed E-state index contributed by atoms with van der Waals surface area (Å²) >= 11 is 0. The zero-order valence-corrected chi connectivity index (χ0v) is 9.26. The monoisotopic (exact) mass is 224 g/mol. The average Bonchev–Trinajstić information content (AvgIpc) is 2.88. The fraction of sp³-hybridized carbons (Fsp3) is 0.0667. The first-order valence-electron chi connectivity index (χ1n) is 5.55. The van der Waals surface area contributed by atoms with Gasteiger partial charge in [-0.05, 0) is 17.2 Å². The van der Waals surface area contributed by atoms with E-state index in [9.17, 15) is 5.11 Å². The molecule has 2 nitrogen and oxygen atoms in total. The maximum absolute atomic E-state index is 9.26. The Bertz CT molecular complexity index is 638. The van der Waals surface area contributed by atoms with E-state index in [1.807, 2.05) is 36.4 Å². The van der Waals surface area contributed by atoms with Crippen molar-refractivity contribution in [3.05, 3.63) is 60.4 Å². The third kappa shape index (κ3) is 1.63. The van der Waals surface area contributed by atoms with Gasteiger partial charge in [-0.2, -0.15) is 0 Å². The number of aliphatic hydroxyl groups excluding tert-OH is 1. The first-order valence-corrected chi connectivity index (χ1v) is 5.55. The molecule has 2 aromatic carbocycles. The van der Waals surface area contributed by atoms with Crippen molar-refractivity contribution >= 4 is 11.0 Å². The Morgan fingerprint density at radius 2 is 1.76 bits per heavy atom. The van der Waals surface area contributed by atoms with Crippen molar-refractivity contribution in [1.29, 1.82) is 0 Å². The molecule has 0 spiro atoms. The van der Waals surface area contributed by atoms with Crippen LogP contribution in [-0.4, -0.2) is 5.11 Å². The molecule has 0 saturated heterocycles. The molecule has 2 heteroatoms. The lowest BCUT2D eigenvalue weighted by Crippen LogP contribution is -1.86. The molecule has 3 aromatic rings. The molecular weight excluding hydrogens is 212 g/mol. The highest BCUT2D eigenvalue weighted by molar-refractivity contribution is 5.95. The van der Waals surface area contributed by atoms with Gasteiger partial charge in [0.2, 0.25) is 0 Å². The summed E-state index contributed by atoms with van der Waals surface area (Å²) in [5, 5.41) is 10.3. The fourth-order valence-corrected chi connectivity index (χ4v) is 2.11. The summed E-state index contributed by atoms with van der Waals surface area (Å²) in [4.78, 5) is 0. The predicted octanol–water partition coefficient (Wildman–Crippen LogP) is 3.59. The molecule has 0 aliphatic rings. The van der Waals surface area contributed by atoms with E-state index in [4.69, 9.17) is 4.42 Å². The molecule has 0 radical (unpaired) electrons. The van der Waals surface area contributed by atoms with Crippen LogP contribution < -0.4 is 0 Å². The van der Waals surface area contributed by atoms with E-state index in [1.165, 1.54) is 0 Å². The number of hydrogen-bond acceptors (Lipinski definition) is 2. The molecule has 1 aromatic heterocycles. The molecule has 0 amide bonds. The average molecular weight is 224 g/mol. The van der Waals surface area contributed by atoms with Gasteiger partial charge in [-0.1, -0.05) is 42.5 Å². The van der Waals surface area contributed by atoms with Crippen LogP contribution in [0, 0.1) is 0 Å². The highest BCUT2D eigenvalue weighted by Crippen LogP contribution is 2.31. The second kappa shape index (κ2) is 4.07. The van der Waals surface area contributed by atoms with Crippen LogP contribution in [0.1, 0.15) is 5.56 Å². The van der Waals surface area contributed by atoms with Crippen molar-refractivity contribution < 1.29 is 9.52 Å². The van der Waals surface area contributed by atoms with Crippen LogP contribution in [0.2, 0.25) is 0 Å². The molecule has 3 rings (SSSR count). The summed E-state index contributed by atoms with van der Waals surface area (Å²) in [5.41, 5.74) is 3.88. The molecule has 0 saturated carbocycles. The van der Waals surface area contributed by atoms with Crippen LogP contribution >= 0.6 is 0 Å². The molecule has 0 bridgehead atoms. The minimum absolute atomic E-state index is 0.000910. The van der Waals surface area contributed by atoms with E-state index in [0.717, 1.165) is 27.7 Å². The SMILES string of the molecule is OCc1ccc(-c2ccccc2)c2ccoc12. The number of aliphatic hydroxyl groups is 1. The molecule has 0 atom stereocenters. The molecule has 1 N–H and O–H groups in total. The van der Waals surface area contributed by atoms with Crippen molar-refractivity contribution in [2.24, 2.45) is 0 Å². The number of furan rings is 1. The van der Waals surface area contributed by atoms with Gasteiger partial charge >= 0.3 is 0 Å². The maximum atomic E-state index is 9.26. The van der Waals surface area contributed by atoms with Gasteiger partial charge in [0, 0.05) is 10.9 Å². The number of fused-ring (bicyclic) bond motifs is 1. The Balaban J connectivity index is 2.29. The van der Waals surface area contributed by atoms with Gasteiger partial charge in [-0.25, -0.2) is 0 Å². The summed E-state index contributed by atoms with van der Waals surface area (Å²) in [7, 11) is 0. The Morgan fingerprint density at radius 3 is 2.53 bits per heavy atom. The summed E-state index contributed by atoms with van der Waals surface area (Å²) in [6, 6.07) is 16.0. The zero-order valence-electron chi connectivity index (χ0n) is 9.26. The second-order valence-corrected chi connectivity index (χ2v) is 3.96. The first kappa shape index (κ1) is 10.1. The molecule has 0 fully saturated rings. The third-order valence-electron chi connectivity index (χ3n) is 2.95. The van der Waals surface area contributed by atoms with E-state index in [1.54, 1.807) is 6.26 Å². The molecule has 1 heterocycles. The highest BCUT2D eigenvalue weighted by Gasteiger charge is 2.09. The van der Waals surface area contributed by atoms with Crippen molar-refractivity contribution in [1.82, 2.24) is 0 Å². The number of rotatable bonds is 2. The van der Waals surface area contributed by atoms with Crippen LogP contribution in [0.5, 0.6) is 0 Å². The van der Waals surface area contributed by atoms with E-state index in [2.05, 4.69) is 12.1 Å². The van der Waals surface area contributed by atoms with Crippen molar-refractivity contribution in [2.45, 2.75) is 6.61 Å². The van der Waals surface area contributed by atoms with Gasteiger partial charge in [0.1, 0.15) is 5.58 Å². The van der Waals surface area contributed by atoms with E-state index in [0.29, 0.717) is 0 Å². The van der Waals surface area contributed by atoms with Gasteiger partial charge in [0.25, 0.3) is 0 Å². The third-order valence-corrected chi connectivity index (χ3v) is 2.95. The standard InChI is InChI=1S/C15H12O2/c16-10-12-6-7-13(11-4-2-1-3-5-11)14-8-9-17-15(12)14/h1-9,16H,10H2. The van der Waals surface area contributed by atoms with Crippen LogP contribution in [0.15, 0.2) is 59.2 Å². The molecule has 0 unspecified atom stereocenters. The first-order chi connectivity index (χ1) is 8.40. The number of hydrogen-bond donors (Lipinski definition) is 1. The van der Waals surface area contributed by atoms with Gasteiger partial charge in [0.05, 0.1) is 12.9 Å². The van der Waals surface area contributed by atoms with Crippen LogP contribution in [0.4, 0.5) is 0 Å². The lowest BCUT2D eigenvalue weighted by atomic mass is 10.00. The smallest absolute Gasteiger partial charge is 0.139 e. The summed E-state index contributed by atoms with van der Waals surface area (Å²) in [6.07, 6.45) is 1.66. The minimum Gasteiger partial charge on any atom is -0.464 e. The van der Waals surface area contributed by atoms with E-state index >= 15 is 0 Å². The fourth-order valence-electron chi connectivity index (χ4n) is 2.11. The Morgan fingerprint density at radius 1 is 0.941 bits per heavy atom. The van der Waals surface area contributed by atoms with Crippen molar-refractivity contribution in [3.8, 4) is 11.1 Å². The molecule has 84 valence electrons. The predicted molar refractivity (Wildman–Crippen MR) is 67.6 cm³/mol. The normalized spacial score (nSPS) is 10.9. The summed E-state index contributed by atoms with van der Waals surface area (Å²) in [6.45, 7) is -0.000910. The molecule has 0 aliphatic heterocycles. The van der Waals surface area contributed by atoms with Crippen LogP contribution in [-0.2, 0) is 6.61 Å². The largest absolute Gasteiger partial charge is 0.464 e. The Hall–Kier alpha value is -2.06. The number of benzene rings is 2. The van der Waals surface area contributed by atoms with E-state index in [-0.39, 0.29) is 6.61 Å². The lowest BCUT2D eigenvalue weighted by Gasteiger charge is -2.05. The van der Waals surface area contributed by atoms with Crippen molar-refractivity contribution in [3.63, 3.8) is 0 Å². The van der Waals surface area contributed by atoms with E-state index < -0.39 is 0 Å². The zero-order chi connectivity index (χ0) is 11.7. The van der Waals surface area contributed by atoms with Gasteiger partial charge < -0.3 is 9.52 Å².